The first kappa shape index (κ1) is 16.5. The van der Waals surface area contributed by atoms with Crippen LogP contribution in [0.25, 0.3) is 10.2 Å². The molecular formula is C14H20N4O3S. The average molecular weight is 324 g/mol. The first-order valence-electron chi connectivity index (χ1n) is 7.13. The SMILES string of the molecule is NCCC(=O)NCCNCCc1ccc(O)c2[nH]c(=O)sc12. The number of benzene rings is 1. The second-order valence-electron chi connectivity index (χ2n) is 4.85. The van der Waals surface area contributed by atoms with Gasteiger partial charge in [-0.05, 0) is 24.6 Å². The maximum Gasteiger partial charge on any atom is 0.305 e. The van der Waals surface area contributed by atoms with Gasteiger partial charge in [-0.2, -0.15) is 0 Å². The number of nitrogens with two attached hydrogens (primary N) is 1. The maximum atomic E-state index is 11.4. The van der Waals surface area contributed by atoms with E-state index in [0.717, 1.165) is 34.6 Å². The molecule has 2 aromatic rings. The third kappa shape index (κ3) is 4.30. The van der Waals surface area contributed by atoms with Crippen LogP contribution in [0.1, 0.15) is 12.0 Å². The summed E-state index contributed by atoms with van der Waals surface area (Å²) < 4.78 is 0.794. The van der Waals surface area contributed by atoms with Gasteiger partial charge in [-0.15, -0.1) is 0 Å². The molecule has 0 atom stereocenters. The van der Waals surface area contributed by atoms with Crippen molar-refractivity contribution < 1.29 is 9.90 Å². The van der Waals surface area contributed by atoms with E-state index in [9.17, 15) is 14.7 Å². The zero-order chi connectivity index (χ0) is 15.9. The average Bonchev–Trinajstić information content (AvgIpc) is 2.88. The fourth-order valence-electron chi connectivity index (χ4n) is 2.13. The number of rotatable bonds is 8. The molecule has 1 aromatic carbocycles. The number of fused-ring (bicyclic) bond motifs is 1. The van der Waals surface area contributed by atoms with Crippen molar-refractivity contribution in [1.82, 2.24) is 15.6 Å². The van der Waals surface area contributed by atoms with E-state index in [1.807, 2.05) is 6.07 Å². The molecule has 0 unspecified atom stereocenters. The second-order valence-corrected chi connectivity index (χ2v) is 5.83. The van der Waals surface area contributed by atoms with Crippen LogP contribution in [0.4, 0.5) is 0 Å². The number of nitrogens with one attached hydrogen (secondary N) is 3. The third-order valence-electron chi connectivity index (χ3n) is 3.21. The van der Waals surface area contributed by atoms with E-state index in [1.165, 1.54) is 0 Å². The number of phenols is 1. The fourth-order valence-corrected chi connectivity index (χ4v) is 3.03. The Morgan fingerprint density at radius 1 is 1.32 bits per heavy atom. The summed E-state index contributed by atoms with van der Waals surface area (Å²) in [5.74, 6) is 0.0503. The van der Waals surface area contributed by atoms with Gasteiger partial charge in [0.05, 0.1) is 4.70 Å². The minimum absolute atomic E-state index is 0.0401. The molecule has 0 saturated carbocycles. The summed E-state index contributed by atoms with van der Waals surface area (Å²) in [6.07, 6.45) is 1.08. The standard InChI is InChI=1S/C14H20N4O3S/c15-5-3-11(20)17-8-7-16-6-4-9-1-2-10(19)12-13(9)22-14(21)18-12/h1-2,16,19H,3-8,15H2,(H,17,20)(H,18,21). The molecule has 2 rings (SSSR count). The molecule has 1 heterocycles. The van der Waals surface area contributed by atoms with Crippen LogP contribution in [0.3, 0.4) is 0 Å². The number of hydrogen-bond acceptors (Lipinski definition) is 6. The zero-order valence-electron chi connectivity index (χ0n) is 12.1. The lowest BCUT2D eigenvalue weighted by molar-refractivity contribution is -0.120. The lowest BCUT2D eigenvalue weighted by Gasteiger charge is -2.07. The molecule has 0 fully saturated rings. The van der Waals surface area contributed by atoms with Crippen molar-refractivity contribution in [1.29, 1.82) is 0 Å². The van der Waals surface area contributed by atoms with Crippen molar-refractivity contribution in [2.24, 2.45) is 5.73 Å². The number of carbonyl (C=O) groups is 1. The molecule has 0 aliphatic carbocycles. The number of phenolic OH excluding ortho intramolecular Hbond substituents is 1. The van der Waals surface area contributed by atoms with Gasteiger partial charge in [-0.3, -0.25) is 9.59 Å². The normalized spacial score (nSPS) is 11.0. The highest BCUT2D eigenvalue weighted by atomic mass is 32.1. The van der Waals surface area contributed by atoms with Gasteiger partial charge in [-0.25, -0.2) is 0 Å². The van der Waals surface area contributed by atoms with E-state index in [4.69, 9.17) is 5.73 Å². The Balaban J connectivity index is 1.79. The quantitative estimate of drug-likeness (QED) is 0.434. The minimum atomic E-state index is -0.173. The highest BCUT2D eigenvalue weighted by molar-refractivity contribution is 7.16. The largest absolute Gasteiger partial charge is 0.506 e. The maximum absolute atomic E-state index is 11.4. The number of hydrogen-bond donors (Lipinski definition) is 5. The highest BCUT2D eigenvalue weighted by Crippen LogP contribution is 2.27. The molecule has 1 aromatic heterocycles. The van der Waals surface area contributed by atoms with Crippen molar-refractivity contribution in [3.63, 3.8) is 0 Å². The van der Waals surface area contributed by atoms with Crippen LogP contribution in [0.5, 0.6) is 5.75 Å². The molecule has 0 radical (unpaired) electrons. The molecule has 120 valence electrons. The lowest BCUT2D eigenvalue weighted by atomic mass is 10.1. The zero-order valence-corrected chi connectivity index (χ0v) is 13.0. The van der Waals surface area contributed by atoms with Crippen LogP contribution in [0, 0.1) is 0 Å². The topological polar surface area (TPSA) is 120 Å². The summed E-state index contributed by atoms with van der Waals surface area (Å²) >= 11 is 1.10. The van der Waals surface area contributed by atoms with Crippen LogP contribution in [0.15, 0.2) is 16.9 Å². The van der Waals surface area contributed by atoms with Gasteiger partial charge < -0.3 is 26.5 Å². The molecule has 0 aliphatic rings. The minimum Gasteiger partial charge on any atom is -0.506 e. The van der Waals surface area contributed by atoms with Gasteiger partial charge in [0, 0.05) is 26.1 Å². The fraction of sp³-hybridized carbons (Fsp3) is 0.429. The Hall–Kier alpha value is -1.90. The first-order chi connectivity index (χ1) is 10.6. The second kappa shape index (κ2) is 7.92. The van der Waals surface area contributed by atoms with E-state index in [0.29, 0.717) is 31.6 Å². The van der Waals surface area contributed by atoms with Gasteiger partial charge in [0.15, 0.2) is 0 Å². The Morgan fingerprint density at radius 3 is 2.91 bits per heavy atom. The van der Waals surface area contributed by atoms with Crippen LogP contribution in [0.2, 0.25) is 0 Å². The summed E-state index contributed by atoms with van der Waals surface area (Å²) in [4.78, 5) is 25.1. The molecule has 7 nitrogen and oxygen atoms in total. The molecule has 6 N–H and O–H groups in total. The van der Waals surface area contributed by atoms with Crippen molar-refractivity contribution in [2.75, 3.05) is 26.2 Å². The van der Waals surface area contributed by atoms with Gasteiger partial charge in [0.2, 0.25) is 5.91 Å². The predicted octanol–water partition coefficient (Wildman–Crippen LogP) is -0.108. The van der Waals surface area contributed by atoms with E-state index >= 15 is 0 Å². The summed E-state index contributed by atoms with van der Waals surface area (Å²) in [5, 5.41) is 15.7. The smallest absolute Gasteiger partial charge is 0.305 e. The summed E-state index contributed by atoms with van der Waals surface area (Å²) in [5.41, 5.74) is 6.80. The Morgan fingerprint density at radius 2 is 2.14 bits per heavy atom. The predicted molar refractivity (Wildman–Crippen MR) is 87.4 cm³/mol. The van der Waals surface area contributed by atoms with Gasteiger partial charge in [0.1, 0.15) is 11.3 Å². The van der Waals surface area contributed by atoms with Crippen molar-refractivity contribution in [3.05, 3.63) is 27.4 Å². The van der Waals surface area contributed by atoms with Crippen molar-refractivity contribution in [3.8, 4) is 5.75 Å². The summed E-state index contributed by atoms with van der Waals surface area (Å²) in [6, 6.07) is 3.42. The lowest BCUT2D eigenvalue weighted by Crippen LogP contribution is -2.33. The molecule has 0 aliphatic heterocycles. The highest BCUT2D eigenvalue weighted by Gasteiger charge is 2.09. The molecule has 0 spiro atoms. The Kier molecular flexibility index (Phi) is 5.93. The molecule has 22 heavy (non-hydrogen) atoms. The van der Waals surface area contributed by atoms with Crippen LogP contribution in [-0.4, -0.2) is 42.2 Å². The van der Waals surface area contributed by atoms with Gasteiger partial charge in [-0.1, -0.05) is 17.4 Å². The molecular weight excluding hydrogens is 304 g/mol. The summed E-state index contributed by atoms with van der Waals surface area (Å²) in [7, 11) is 0. The Bertz CT molecular complexity index is 695. The van der Waals surface area contributed by atoms with E-state index in [-0.39, 0.29) is 16.5 Å². The first-order valence-corrected chi connectivity index (χ1v) is 7.94. The monoisotopic (exact) mass is 324 g/mol. The molecule has 0 bridgehead atoms. The summed E-state index contributed by atoms with van der Waals surface area (Å²) in [6.45, 7) is 2.30. The van der Waals surface area contributed by atoms with Gasteiger partial charge >= 0.3 is 4.87 Å². The van der Waals surface area contributed by atoms with Crippen LogP contribution < -0.4 is 21.2 Å². The van der Waals surface area contributed by atoms with Crippen molar-refractivity contribution >= 4 is 27.5 Å². The van der Waals surface area contributed by atoms with E-state index in [1.54, 1.807) is 6.07 Å². The molecule has 0 saturated heterocycles. The number of aromatic hydroxyl groups is 1. The number of thiazole rings is 1. The Labute approximate surface area is 131 Å². The number of carbonyl (C=O) groups excluding carboxylic acids is 1. The van der Waals surface area contributed by atoms with Crippen molar-refractivity contribution in [2.45, 2.75) is 12.8 Å². The number of amides is 1. The van der Waals surface area contributed by atoms with Gasteiger partial charge in [0.25, 0.3) is 0 Å². The number of H-pyrrole nitrogens is 1. The van der Waals surface area contributed by atoms with E-state index in [2.05, 4.69) is 15.6 Å². The third-order valence-corrected chi connectivity index (χ3v) is 4.16. The number of aromatic amines is 1. The molecule has 8 heteroatoms. The van der Waals surface area contributed by atoms with Crippen LogP contribution >= 0.6 is 11.3 Å². The number of aromatic nitrogens is 1. The molecule has 1 amide bonds. The van der Waals surface area contributed by atoms with Crippen LogP contribution in [-0.2, 0) is 11.2 Å². The van der Waals surface area contributed by atoms with E-state index < -0.39 is 0 Å².